The van der Waals surface area contributed by atoms with Gasteiger partial charge in [-0.2, -0.15) is 0 Å². The summed E-state index contributed by atoms with van der Waals surface area (Å²) in [6, 6.07) is 14.7. The fourth-order valence-electron chi connectivity index (χ4n) is 5.42. The minimum absolute atomic E-state index is 0.0959. The van der Waals surface area contributed by atoms with E-state index in [-0.39, 0.29) is 24.3 Å². The fraction of sp³-hybridized carbons (Fsp3) is 0.379. The molecule has 1 fully saturated rings. The van der Waals surface area contributed by atoms with Crippen molar-refractivity contribution in [2.24, 2.45) is 5.92 Å². The molecule has 2 amide bonds. The third-order valence-electron chi connectivity index (χ3n) is 7.36. The monoisotopic (exact) mass is 548 g/mol. The molecule has 9 heteroatoms. The molecule has 3 aromatic rings. The maximum atomic E-state index is 13.9. The van der Waals surface area contributed by atoms with Crippen molar-refractivity contribution in [2.75, 3.05) is 6.54 Å². The molecule has 1 aromatic heterocycles. The highest BCUT2D eigenvalue weighted by atomic mass is 32.1. The first-order chi connectivity index (χ1) is 18.2. The number of nitrogens with one attached hydrogen (secondary N) is 1. The molecule has 3 heterocycles. The second-order valence-corrected chi connectivity index (χ2v) is 11.7. The molecule has 38 heavy (non-hydrogen) atoms. The van der Waals surface area contributed by atoms with Crippen molar-refractivity contribution in [1.29, 1.82) is 0 Å². The molecule has 2 N–H and O–H groups in total. The van der Waals surface area contributed by atoms with Crippen LogP contribution in [0.25, 0.3) is 10.4 Å². The predicted octanol–water partition coefficient (Wildman–Crippen LogP) is 4.18. The molecule has 0 aliphatic carbocycles. The first kappa shape index (κ1) is 26.5. The Balaban J connectivity index is 1.27. The Labute approximate surface area is 232 Å². The van der Waals surface area contributed by atoms with Crippen LogP contribution in [0.3, 0.4) is 0 Å². The minimum atomic E-state index is -0.662. The molecule has 0 unspecified atom stereocenters. The zero-order valence-electron chi connectivity index (χ0n) is 21.8. The lowest BCUT2D eigenvalue weighted by molar-refractivity contribution is -0.138. The highest BCUT2D eigenvalue weighted by Gasteiger charge is 2.44. The van der Waals surface area contributed by atoms with E-state index >= 15 is 0 Å². The number of aromatic nitrogens is 1. The standard InChI is InChI=1S/C29H32N4O3S2/c1-17(2)25(33-14-21-6-4-5-7-23(21)28(33)35)29(36)32-15-22(34)12-24(32)27(37)30-13-19-8-10-20(11-9-19)26-18(3)31-16-38-26/h4-11,16-17,22,24-25,34H,12-15H2,1-3H3,(H,30,37)/t22-,24+,25+/m1/s1. The molecule has 0 spiro atoms. The maximum Gasteiger partial charge on any atom is 0.255 e. The summed E-state index contributed by atoms with van der Waals surface area (Å²) in [4.78, 5) is 36.4. The van der Waals surface area contributed by atoms with Gasteiger partial charge in [0.25, 0.3) is 5.91 Å². The number of likely N-dealkylation sites (tertiary alicyclic amines) is 1. The van der Waals surface area contributed by atoms with Gasteiger partial charge in [0.05, 0.1) is 33.2 Å². The van der Waals surface area contributed by atoms with Gasteiger partial charge in [0.1, 0.15) is 6.04 Å². The van der Waals surface area contributed by atoms with Crippen LogP contribution >= 0.6 is 23.6 Å². The third kappa shape index (κ3) is 5.10. The van der Waals surface area contributed by atoms with E-state index in [9.17, 15) is 14.7 Å². The topological polar surface area (TPSA) is 85.8 Å². The number of β-amino-alcohol motifs (C(OH)–C–C–N with tert-alkyl or cyclic N) is 1. The van der Waals surface area contributed by atoms with Gasteiger partial charge in [-0.15, -0.1) is 11.3 Å². The van der Waals surface area contributed by atoms with Crippen LogP contribution in [0.4, 0.5) is 0 Å². The van der Waals surface area contributed by atoms with E-state index < -0.39 is 18.2 Å². The summed E-state index contributed by atoms with van der Waals surface area (Å²) in [7, 11) is 0. The van der Waals surface area contributed by atoms with Crippen LogP contribution in [0.5, 0.6) is 0 Å². The molecular weight excluding hydrogens is 516 g/mol. The van der Waals surface area contributed by atoms with Crippen LogP contribution in [0, 0.1) is 12.8 Å². The lowest BCUT2D eigenvalue weighted by atomic mass is 10.0. The fourth-order valence-corrected chi connectivity index (χ4v) is 6.52. The van der Waals surface area contributed by atoms with Gasteiger partial charge in [-0.3, -0.25) is 9.59 Å². The number of hydrogen-bond acceptors (Lipinski definition) is 6. The molecule has 0 radical (unpaired) electrons. The SMILES string of the molecule is Cc1ncsc1-c1ccc(CNC(=S)[C@@H]2C[C@@H](O)CN2C(=O)[C@H](C(C)C)N2Cc3ccccc3C2=O)cc1. The van der Waals surface area contributed by atoms with Crippen LogP contribution in [-0.4, -0.2) is 61.4 Å². The van der Waals surface area contributed by atoms with Crippen LogP contribution in [0.2, 0.25) is 0 Å². The number of nitrogens with zero attached hydrogens (tertiary/aromatic N) is 3. The summed E-state index contributed by atoms with van der Waals surface area (Å²) in [5.41, 5.74) is 6.65. The Kier molecular flexibility index (Phi) is 7.61. The maximum absolute atomic E-state index is 13.9. The molecule has 198 valence electrons. The number of fused-ring (bicyclic) bond motifs is 1. The third-order valence-corrected chi connectivity index (χ3v) is 8.76. The van der Waals surface area contributed by atoms with E-state index in [0.717, 1.165) is 27.3 Å². The predicted molar refractivity (Wildman–Crippen MR) is 153 cm³/mol. The number of carbonyl (C=O) groups is 2. The number of carbonyl (C=O) groups excluding carboxylic acids is 2. The van der Waals surface area contributed by atoms with Gasteiger partial charge in [0, 0.05) is 31.6 Å². The Morgan fingerprint density at radius 3 is 2.61 bits per heavy atom. The number of benzene rings is 2. The quantitative estimate of drug-likeness (QED) is 0.431. The molecule has 2 aromatic carbocycles. The molecule has 5 rings (SSSR count). The number of hydrogen-bond donors (Lipinski definition) is 2. The van der Waals surface area contributed by atoms with Gasteiger partial charge in [0.2, 0.25) is 5.91 Å². The van der Waals surface area contributed by atoms with Crippen LogP contribution in [0.1, 0.15) is 47.4 Å². The van der Waals surface area contributed by atoms with Crippen molar-refractivity contribution < 1.29 is 14.7 Å². The van der Waals surface area contributed by atoms with Gasteiger partial charge >= 0.3 is 0 Å². The van der Waals surface area contributed by atoms with Crippen molar-refractivity contribution in [3.8, 4) is 10.4 Å². The van der Waals surface area contributed by atoms with Crippen LogP contribution in [0.15, 0.2) is 54.0 Å². The summed E-state index contributed by atoms with van der Waals surface area (Å²) >= 11 is 7.36. The number of thiazole rings is 1. The first-order valence-electron chi connectivity index (χ1n) is 12.9. The first-order valence-corrected chi connectivity index (χ1v) is 14.2. The van der Waals surface area contributed by atoms with Gasteiger partial charge in [-0.25, -0.2) is 4.98 Å². The molecule has 0 bridgehead atoms. The van der Waals surface area contributed by atoms with Crippen molar-refractivity contribution in [3.63, 3.8) is 0 Å². The van der Waals surface area contributed by atoms with Crippen LogP contribution in [-0.2, 0) is 17.9 Å². The van der Waals surface area contributed by atoms with Crippen LogP contribution < -0.4 is 5.32 Å². The summed E-state index contributed by atoms with van der Waals surface area (Å²) in [5, 5.41) is 13.8. The Morgan fingerprint density at radius 2 is 1.95 bits per heavy atom. The molecule has 7 nitrogen and oxygen atoms in total. The summed E-state index contributed by atoms with van der Waals surface area (Å²) < 4.78 is 0. The van der Waals surface area contributed by atoms with Gasteiger partial charge in [-0.1, -0.05) is 68.5 Å². The van der Waals surface area contributed by atoms with E-state index in [4.69, 9.17) is 12.2 Å². The Hall–Kier alpha value is -3.14. The number of aliphatic hydroxyl groups excluding tert-OH is 1. The zero-order valence-corrected chi connectivity index (χ0v) is 23.4. The Bertz CT molecular complexity index is 1350. The number of rotatable bonds is 7. The molecule has 0 saturated carbocycles. The largest absolute Gasteiger partial charge is 0.391 e. The minimum Gasteiger partial charge on any atom is -0.391 e. The Morgan fingerprint density at radius 1 is 1.21 bits per heavy atom. The molecular formula is C29H32N4O3S2. The van der Waals surface area contributed by atoms with E-state index in [1.165, 1.54) is 0 Å². The normalized spacial score (nSPS) is 19.7. The number of aliphatic hydroxyl groups is 1. The zero-order chi connectivity index (χ0) is 27.0. The summed E-state index contributed by atoms with van der Waals surface area (Å²) in [5.74, 6) is -0.390. The van der Waals surface area contributed by atoms with E-state index in [2.05, 4.69) is 34.6 Å². The van der Waals surface area contributed by atoms with Crippen molar-refractivity contribution in [1.82, 2.24) is 20.1 Å². The van der Waals surface area contributed by atoms with Crippen molar-refractivity contribution >= 4 is 40.4 Å². The number of thiocarbonyl (C=S) groups is 1. The van der Waals surface area contributed by atoms with E-state index in [0.29, 0.717) is 30.1 Å². The average Bonchev–Trinajstić information content (AvgIpc) is 3.60. The number of aryl methyl sites for hydroxylation is 1. The molecule has 2 aliphatic heterocycles. The van der Waals surface area contributed by atoms with Gasteiger partial charge in [0.15, 0.2) is 0 Å². The lowest BCUT2D eigenvalue weighted by Crippen LogP contribution is -2.55. The van der Waals surface area contributed by atoms with Crippen molar-refractivity contribution in [3.05, 3.63) is 76.4 Å². The van der Waals surface area contributed by atoms with Crippen molar-refractivity contribution in [2.45, 2.75) is 58.5 Å². The van der Waals surface area contributed by atoms with E-state index in [1.807, 2.05) is 50.5 Å². The lowest BCUT2D eigenvalue weighted by Gasteiger charge is -2.35. The molecule has 1 saturated heterocycles. The van der Waals surface area contributed by atoms with E-state index in [1.54, 1.807) is 21.1 Å². The van der Waals surface area contributed by atoms with Gasteiger partial charge in [-0.05, 0) is 35.6 Å². The highest BCUT2D eigenvalue weighted by molar-refractivity contribution is 7.80. The van der Waals surface area contributed by atoms with Gasteiger partial charge < -0.3 is 20.2 Å². The molecule has 3 atom stereocenters. The summed E-state index contributed by atoms with van der Waals surface area (Å²) in [6.45, 7) is 7.04. The smallest absolute Gasteiger partial charge is 0.255 e. The number of amides is 2. The molecule has 2 aliphatic rings. The average molecular weight is 549 g/mol. The second-order valence-electron chi connectivity index (χ2n) is 10.4. The second kappa shape index (κ2) is 10.9. The summed E-state index contributed by atoms with van der Waals surface area (Å²) in [6.07, 6.45) is -0.287. The highest BCUT2D eigenvalue weighted by Crippen LogP contribution is 2.31.